The molecule has 2 N–H and O–H groups in total. The zero-order valence-electron chi connectivity index (χ0n) is 13.0. The van der Waals surface area contributed by atoms with E-state index < -0.39 is 0 Å². The van der Waals surface area contributed by atoms with Crippen molar-refractivity contribution < 1.29 is 9.13 Å². The van der Waals surface area contributed by atoms with Crippen LogP contribution in [0.2, 0.25) is 0 Å². The average Bonchev–Trinajstić information content (AvgIpc) is 2.57. The third kappa shape index (κ3) is 5.03. The third-order valence-electron chi connectivity index (χ3n) is 3.15. The van der Waals surface area contributed by atoms with Gasteiger partial charge in [0, 0.05) is 5.69 Å². The van der Waals surface area contributed by atoms with E-state index in [2.05, 4.69) is 15.8 Å². The lowest BCUT2D eigenvalue weighted by Gasteiger charge is -2.09. The number of hydrazone groups is 1. The van der Waals surface area contributed by atoms with Gasteiger partial charge < -0.3 is 10.1 Å². The summed E-state index contributed by atoms with van der Waals surface area (Å²) in [5.41, 5.74) is 5.29. The van der Waals surface area contributed by atoms with E-state index in [0.717, 1.165) is 22.7 Å². The first-order valence-corrected chi connectivity index (χ1v) is 7.56. The average molecular weight is 331 g/mol. The topological polar surface area (TPSA) is 45.7 Å². The Kier molecular flexibility index (Phi) is 6.05. The second kappa shape index (κ2) is 8.24. The number of nitrogens with one attached hydrogen (secondary N) is 2. The Morgan fingerprint density at radius 2 is 1.78 bits per heavy atom. The van der Waals surface area contributed by atoms with Crippen LogP contribution in [0.15, 0.2) is 53.6 Å². The van der Waals surface area contributed by atoms with Crippen LogP contribution in [0.1, 0.15) is 18.9 Å². The van der Waals surface area contributed by atoms with Gasteiger partial charge in [-0.2, -0.15) is 5.10 Å². The Labute approximate surface area is 140 Å². The molecule has 120 valence electrons. The summed E-state index contributed by atoms with van der Waals surface area (Å²) in [5, 5.41) is 7.70. The van der Waals surface area contributed by atoms with E-state index in [-0.39, 0.29) is 5.82 Å². The predicted octanol–water partition coefficient (Wildman–Crippen LogP) is 3.94. The van der Waals surface area contributed by atoms with Crippen molar-refractivity contribution in [3.05, 3.63) is 59.9 Å². The number of thiocarbonyl (C=S) groups is 1. The van der Waals surface area contributed by atoms with Crippen molar-refractivity contribution in [3.63, 3.8) is 0 Å². The minimum absolute atomic E-state index is 0.270. The maximum atomic E-state index is 13.0. The van der Waals surface area contributed by atoms with Gasteiger partial charge in [0.1, 0.15) is 11.6 Å². The molecular formula is C17H18FN3OS. The van der Waals surface area contributed by atoms with Gasteiger partial charge in [-0.25, -0.2) is 4.39 Å². The number of hydrogen-bond acceptors (Lipinski definition) is 3. The fourth-order valence-corrected chi connectivity index (χ4v) is 2.11. The normalized spacial score (nSPS) is 11.0. The van der Waals surface area contributed by atoms with Crippen LogP contribution in [0.5, 0.6) is 5.75 Å². The van der Waals surface area contributed by atoms with Gasteiger partial charge in [-0.15, -0.1) is 0 Å². The van der Waals surface area contributed by atoms with Crippen molar-refractivity contribution in [2.24, 2.45) is 5.10 Å². The van der Waals surface area contributed by atoms with Crippen molar-refractivity contribution >= 4 is 28.7 Å². The molecule has 0 fully saturated rings. The minimum Gasteiger partial charge on any atom is -0.497 e. The first-order valence-electron chi connectivity index (χ1n) is 7.16. The Morgan fingerprint density at radius 1 is 1.13 bits per heavy atom. The number of halogens is 1. The molecule has 0 bridgehead atoms. The summed E-state index contributed by atoms with van der Waals surface area (Å²) in [5.74, 6) is 0.505. The molecule has 2 rings (SSSR count). The second-order valence-corrected chi connectivity index (χ2v) is 5.12. The molecule has 6 heteroatoms. The van der Waals surface area contributed by atoms with E-state index in [0.29, 0.717) is 11.5 Å². The highest BCUT2D eigenvalue weighted by atomic mass is 32.1. The lowest BCUT2D eigenvalue weighted by molar-refractivity contribution is 0.415. The van der Waals surface area contributed by atoms with E-state index in [1.54, 1.807) is 19.2 Å². The van der Waals surface area contributed by atoms with Crippen LogP contribution < -0.4 is 15.5 Å². The molecule has 0 saturated carbocycles. The van der Waals surface area contributed by atoms with E-state index in [9.17, 15) is 4.39 Å². The summed E-state index contributed by atoms with van der Waals surface area (Å²) in [6.07, 6.45) is 0.698. The summed E-state index contributed by atoms with van der Waals surface area (Å²) >= 11 is 5.21. The minimum atomic E-state index is -0.270. The van der Waals surface area contributed by atoms with Crippen molar-refractivity contribution in [2.45, 2.75) is 13.3 Å². The monoisotopic (exact) mass is 331 g/mol. The molecule has 0 aromatic heterocycles. The molecule has 0 unspecified atom stereocenters. The lowest BCUT2D eigenvalue weighted by Crippen LogP contribution is -2.25. The Morgan fingerprint density at radius 3 is 2.35 bits per heavy atom. The van der Waals surface area contributed by atoms with E-state index >= 15 is 0 Å². The Hall–Kier alpha value is -2.47. The second-order valence-electron chi connectivity index (χ2n) is 4.71. The highest BCUT2D eigenvalue weighted by Gasteiger charge is 2.03. The number of anilines is 1. The van der Waals surface area contributed by atoms with Gasteiger partial charge in [-0.3, -0.25) is 5.43 Å². The molecule has 23 heavy (non-hydrogen) atoms. The third-order valence-corrected chi connectivity index (χ3v) is 3.35. The molecule has 0 aliphatic carbocycles. The molecule has 0 atom stereocenters. The van der Waals surface area contributed by atoms with Crippen LogP contribution >= 0.6 is 12.2 Å². The summed E-state index contributed by atoms with van der Waals surface area (Å²) in [6.45, 7) is 1.98. The Bertz CT molecular complexity index is 684. The quantitative estimate of drug-likeness (QED) is 0.495. The van der Waals surface area contributed by atoms with Crippen LogP contribution in [0.3, 0.4) is 0 Å². The molecule has 4 nitrogen and oxygen atoms in total. The number of nitrogens with zero attached hydrogens (tertiary/aromatic N) is 1. The first kappa shape index (κ1) is 16.9. The van der Waals surface area contributed by atoms with Gasteiger partial charge in [0.2, 0.25) is 0 Å². The number of benzene rings is 2. The summed E-state index contributed by atoms with van der Waals surface area (Å²) in [4.78, 5) is 0. The fourth-order valence-electron chi connectivity index (χ4n) is 1.94. The number of hydrogen-bond donors (Lipinski definition) is 2. The van der Waals surface area contributed by atoms with E-state index in [1.807, 2.05) is 31.2 Å². The zero-order valence-corrected chi connectivity index (χ0v) is 13.8. The molecule has 0 radical (unpaired) electrons. The molecule has 0 aliphatic rings. The van der Waals surface area contributed by atoms with Crippen molar-refractivity contribution in [1.29, 1.82) is 0 Å². The highest BCUT2D eigenvalue weighted by molar-refractivity contribution is 7.80. The van der Waals surface area contributed by atoms with Crippen molar-refractivity contribution in [1.82, 2.24) is 5.43 Å². The van der Waals surface area contributed by atoms with Crippen LogP contribution in [-0.2, 0) is 0 Å². The summed E-state index contributed by atoms with van der Waals surface area (Å²) in [7, 11) is 1.62. The number of methoxy groups -OCH3 is 1. The van der Waals surface area contributed by atoms with Gasteiger partial charge >= 0.3 is 0 Å². The fraction of sp³-hybridized carbons (Fsp3) is 0.176. The highest BCUT2D eigenvalue weighted by Crippen LogP contribution is 2.14. The predicted molar refractivity (Wildman–Crippen MR) is 95.6 cm³/mol. The van der Waals surface area contributed by atoms with Gasteiger partial charge in [0.05, 0.1) is 12.8 Å². The largest absolute Gasteiger partial charge is 0.497 e. The maximum Gasteiger partial charge on any atom is 0.191 e. The Balaban J connectivity index is 1.98. The number of rotatable bonds is 5. The molecule has 0 spiro atoms. The van der Waals surface area contributed by atoms with Crippen LogP contribution in [-0.4, -0.2) is 17.9 Å². The van der Waals surface area contributed by atoms with Crippen molar-refractivity contribution in [3.8, 4) is 5.75 Å². The molecule has 2 aromatic carbocycles. The van der Waals surface area contributed by atoms with Gasteiger partial charge in [-0.05, 0) is 60.6 Å². The molecular weight excluding hydrogens is 313 g/mol. The lowest BCUT2D eigenvalue weighted by atomic mass is 10.1. The van der Waals surface area contributed by atoms with Gasteiger partial charge in [0.25, 0.3) is 0 Å². The van der Waals surface area contributed by atoms with E-state index in [1.165, 1.54) is 12.1 Å². The summed E-state index contributed by atoms with van der Waals surface area (Å²) in [6, 6.07) is 13.6. The molecule has 2 aromatic rings. The van der Waals surface area contributed by atoms with Crippen LogP contribution in [0, 0.1) is 5.82 Å². The van der Waals surface area contributed by atoms with Crippen LogP contribution in [0.25, 0.3) is 0 Å². The van der Waals surface area contributed by atoms with Crippen molar-refractivity contribution in [2.75, 3.05) is 12.4 Å². The molecule has 0 aliphatic heterocycles. The van der Waals surface area contributed by atoms with Gasteiger partial charge in [-0.1, -0.05) is 19.1 Å². The first-order chi connectivity index (χ1) is 11.1. The smallest absolute Gasteiger partial charge is 0.191 e. The molecule has 0 saturated heterocycles. The molecule has 0 amide bonds. The van der Waals surface area contributed by atoms with E-state index in [4.69, 9.17) is 17.0 Å². The standard InChI is InChI=1S/C17H18FN3OS/c1-3-16(12-4-6-13(18)7-5-12)20-21-17(23)19-14-8-10-15(22-2)11-9-14/h4-11H,3H2,1-2H3,(H2,19,21,23)/b20-16-. The summed E-state index contributed by atoms with van der Waals surface area (Å²) < 4.78 is 18.1. The number of ether oxygens (including phenoxy) is 1. The van der Waals surface area contributed by atoms with Gasteiger partial charge in [0.15, 0.2) is 5.11 Å². The van der Waals surface area contributed by atoms with Crippen LogP contribution in [0.4, 0.5) is 10.1 Å². The zero-order chi connectivity index (χ0) is 16.7. The molecule has 0 heterocycles. The SMILES string of the molecule is CC/C(=N/NC(=S)Nc1ccc(OC)cc1)c1ccc(F)cc1. The maximum absolute atomic E-state index is 13.0.